The Morgan fingerprint density at radius 2 is 1.84 bits per heavy atom. The maximum Gasteiger partial charge on any atom is 0.221 e. The average molecular weight is 292 g/mol. The smallest absolute Gasteiger partial charge is 0.221 e. The summed E-state index contributed by atoms with van der Waals surface area (Å²) in [7, 11) is -3.22. The third-order valence-electron chi connectivity index (χ3n) is 2.78. The fourth-order valence-corrected chi connectivity index (χ4v) is 2.50. The van der Waals surface area contributed by atoms with Crippen molar-refractivity contribution < 1.29 is 13.2 Å². The minimum atomic E-state index is -3.22. The Morgan fingerprint density at radius 3 is 2.32 bits per heavy atom. The van der Waals surface area contributed by atoms with Crippen LogP contribution in [0, 0.1) is 5.92 Å². The van der Waals surface area contributed by atoms with E-state index in [0.717, 1.165) is 19.3 Å². The van der Waals surface area contributed by atoms with Gasteiger partial charge in [0.25, 0.3) is 0 Å². The molecule has 0 rings (SSSR count). The van der Waals surface area contributed by atoms with Gasteiger partial charge in [-0.15, -0.1) is 0 Å². The van der Waals surface area contributed by atoms with Gasteiger partial charge in [-0.1, -0.05) is 33.6 Å². The second-order valence-corrected chi connectivity index (χ2v) is 7.30. The van der Waals surface area contributed by atoms with Crippen molar-refractivity contribution in [2.45, 2.75) is 46.5 Å². The van der Waals surface area contributed by atoms with Gasteiger partial charge < -0.3 is 5.32 Å². The topological polar surface area (TPSA) is 66.5 Å². The molecular weight excluding hydrogens is 264 g/mol. The second-order valence-electron chi connectivity index (χ2n) is 5.32. The van der Waals surface area contributed by atoms with Gasteiger partial charge in [0.05, 0.1) is 6.26 Å². The lowest BCUT2D eigenvalue weighted by Gasteiger charge is -2.19. The Morgan fingerprint density at radius 1 is 1.21 bits per heavy atom. The monoisotopic (exact) mass is 292 g/mol. The van der Waals surface area contributed by atoms with E-state index in [1.807, 2.05) is 13.8 Å². The lowest BCUT2D eigenvalue weighted by atomic mass is 10.2. The highest BCUT2D eigenvalue weighted by molar-refractivity contribution is 7.88. The van der Waals surface area contributed by atoms with E-state index in [9.17, 15) is 13.2 Å². The van der Waals surface area contributed by atoms with Crippen LogP contribution in [-0.4, -0.2) is 44.5 Å². The van der Waals surface area contributed by atoms with Crippen LogP contribution in [0.2, 0.25) is 0 Å². The number of amides is 1. The number of hydrogen-bond donors (Lipinski definition) is 1. The molecule has 0 fully saturated rings. The average Bonchev–Trinajstić information content (AvgIpc) is 2.29. The van der Waals surface area contributed by atoms with Crippen LogP contribution in [0.25, 0.3) is 0 Å². The number of unbranched alkanes of at least 4 members (excludes halogenated alkanes) is 2. The predicted molar refractivity (Wildman–Crippen MR) is 78.4 cm³/mol. The fraction of sp³-hybridized carbons (Fsp3) is 0.923. The molecule has 0 atom stereocenters. The van der Waals surface area contributed by atoms with Gasteiger partial charge in [0.2, 0.25) is 15.9 Å². The molecule has 0 radical (unpaired) electrons. The van der Waals surface area contributed by atoms with Crippen molar-refractivity contribution in [2.75, 3.05) is 25.9 Å². The van der Waals surface area contributed by atoms with Gasteiger partial charge >= 0.3 is 0 Å². The highest BCUT2D eigenvalue weighted by atomic mass is 32.2. The normalized spacial score (nSPS) is 12.1. The Balaban J connectivity index is 4.16. The molecular formula is C13H28N2O3S. The Labute approximate surface area is 117 Å². The molecule has 0 saturated heterocycles. The lowest BCUT2D eigenvalue weighted by Crippen LogP contribution is -2.36. The molecule has 0 aliphatic heterocycles. The van der Waals surface area contributed by atoms with Crippen LogP contribution in [0.1, 0.15) is 46.5 Å². The summed E-state index contributed by atoms with van der Waals surface area (Å²) in [6.07, 6.45) is 4.33. The number of rotatable bonds is 10. The van der Waals surface area contributed by atoms with Crippen LogP contribution in [0.3, 0.4) is 0 Å². The molecule has 19 heavy (non-hydrogen) atoms. The van der Waals surface area contributed by atoms with Gasteiger partial charge in [0, 0.05) is 26.1 Å². The molecule has 0 heterocycles. The maximum atomic E-state index is 11.6. The molecule has 0 aromatic rings. The van der Waals surface area contributed by atoms with Crippen molar-refractivity contribution in [3.8, 4) is 0 Å². The van der Waals surface area contributed by atoms with Crippen LogP contribution in [0.15, 0.2) is 0 Å². The van der Waals surface area contributed by atoms with Crippen LogP contribution in [-0.2, 0) is 14.8 Å². The fourth-order valence-electron chi connectivity index (χ4n) is 1.61. The Bertz CT molecular complexity index is 353. The largest absolute Gasteiger partial charge is 0.356 e. The first kappa shape index (κ1) is 18.4. The van der Waals surface area contributed by atoms with E-state index in [-0.39, 0.29) is 18.9 Å². The van der Waals surface area contributed by atoms with Crippen molar-refractivity contribution in [3.05, 3.63) is 0 Å². The summed E-state index contributed by atoms with van der Waals surface area (Å²) in [6.45, 7) is 7.52. The summed E-state index contributed by atoms with van der Waals surface area (Å²) in [5.41, 5.74) is 0. The Hall–Kier alpha value is -0.620. The van der Waals surface area contributed by atoms with Gasteiger partial charge in [0.15, 0.2) is 0 Å². The summed E-state index contributed by atoms with van der Waals surface area (Å²) in [4.78, 5) is 11.6. The zero-order valence-electron chi connectivity index (χ0n) is 12.6. The van der Waals surface area contributed by atoms with Crippen molar-refractivity contribution in [2.24, 2.45) is 5.92 Å². The van der Waals surface area contributed by atoms with Crippen LogP contribution >= 0.6 is 0 Å². The van der Waals surface area contributed by atoms with Crippen molar-refractivity contribution >= 4 is 15.9 Å². The number of nitrogens with zero attached hydrogens (tertiary/aromatic N) is 1. The summed E-state index contributed by atoms with van der Waals surface area (Å²) < 4.78 is 24.6. The van der Waals surface area contributed by atoms with Gasteiger partial charge in [-0.25, -0.2) is 12.7 Å². The SMILES string of the molecule is CCCCCN(CCC(=O)NCC(C)C)S(C)(=O)=O. The summed E-state index contributed by atoms with van der Waals surface area (Å²) in [6, 6.07) is 0. The quantitative estimate of drug-likeness (QED) is 0.622. The molecule has 0 aromatic carbocycles. The maximum absolute atomic E-state index is 11.6. The molecule has 1 N–H and O–H groups in total. The van der Waals surface area contributed by atoms with Crippen LogP contribution in [0.5, 0.6) is 0 Å². The molecule has 114 valence electrons. The first-order chi connectivity index (χ1) is 8.77. The van der Waals surface area contributed by atoms with E-state index in [2.05, 4.69) is 12.2 Å². The predicted octanol–water partition coefficient (Wildman–Crippen LogP) is 1.60. The molecule has 0 bridgehead atoms. The molecule has 0 aromatic heterocycles. The van der Waals surface area contributed by atoms with E-state index in [0.29, 0.717) is 19.0 Å². The number of hydrogen-bond acceptors (Lipinski definition) is 3. The third kappa shape index (κ3) is 9.90. The number of nitrogens with one attached hydrogen (secondary N) is 1. The summed E-state index contributed by atoms with van der Waals surface area (Å²) in [5.74, 6) is 0.317. The highest BCUT2D eigenvalue weighted by Crippen LogP contribution is 2.04. The molecule has 0 saturated carbocycles. The minimum Gasteiger partial charge on any atom is -0.356 e. The molecule has 0 spiro atoms. The second kappa shape index (κ2) is 9.31. The van der Waals surface area contributed by atoms with Crippen molar-refractivity contribution in [3.63, 3.8) is 0 Å². The van der Waals surface area contributed by atoms with E-state index in [4.69, 9.17) is 0 Å². The molecule has 5 nitrogen and oxygen atoms in total. The first-order valence-electron chi connectivity index (χ1n) is 6.99. The van der Waals surface area contributed by atoms with E-state index in [1.54, 1.807) is 0 Å². The van der Waals surface area contributed by atoms with Gasteiger partial charge in [-0.2, -0.15) is 0 Å². The standard InChI is InChI=1S/C13H28N2O3S/c1-5-6-7-9-15(19(4,17)18)10-8-13(16)14-11-12(2)3/h12H,5-11H2,1-4H3,(H,14,16). The van der Waals surface area contributed by atoms with Crippen LogP contribution in [0.4, 0.5) is 0 Å². The third-order valence-corrected chi connectivity index (χ3v) is 4.08. The Kier molecular flexibility index (Phi) is 9.01. The van der Waals surface area contributed by atoms with Gasteiger partial charge in [-0.3, -0.25) is 4.79 Å². The molecule has 0 aliphatic carbocycles. The molecule has 0 aliphatic rings. The summed E-state index contributed by atoms with van der Waals surface area (Å²) in [5, 5.41) is 2.80. The zero-order valence-corrected chi connectivity index (χ0v) is 13.4. The van der Waals surface area contributed by atoms with Gasteiger partial charge in [-0.05, 0) is 12.3 Å². The van der Waals surface area contributed by atoms with E-state index >= 15 is 0 Å². The van der Waals surface area contributed by atoms with E-state index < -0.39 is 10.0 Å². The molecule has 0 unspecified atom stereocenters. The first-order valence-corrected chi connectivity index (χ1v) is 8.84. The lowest BCUT2D eigenvalue weighted by molar-refractivity contribution is -0.121. The number of carbonyl (C=O) groups is 1. The summed E-state index contributed by atoms with van der Waals surface area (Å²) >= 11 is 0. The van der Waals surface area contributed by atoms with Gasteiger partial charge in [0.1, 0.15) is 0 Å². The molecule has 6 heteroatoms. The van der Waals surface area contributed by atoms with Crippen molar-refractivity contribution in [1.29, 1.82) is 0 Å². The zero-order chi connectivity index (χ0) is 14.9. The van der Waals surface area contributed by atoms with Crippen molar-refractivity contribution in [1.82, 2.24) is 9.62 Å². The van der Waals surface area contributed by atoms with E-state index in [1.165, 1.54) is 10.6 Å². The molecule has 1 amide bonds. The highest BCUT2D eigenvalue weighted by Gasteiger charge is 2.17. The van der Waals surface area contributed by atoms with Crippen LogP contribution < -0.4 is 5.32 Å². The minimum absolute atomic E-state index is 0.0853. The number of carbonyl (C=O) groups excluding carboxylic acids is 1. The number of sulfonamides is 1.